The Kier molecular flexibility index (Phi) is 9.49. The predicted molar refractivity (Wildman–Crippen MR) is 191 cm³/mol. The van der Waals surface area contributed by atoms with Crippen molar-refractivity contribution in [3.05, 3.63) is 126 Å². The summed E-state index contributed by atoms with van der Waals surface area (Å²) in [6.07, 6.45) is 5.59. The normalized spacial score (nSPS) is 19.9. The molecule has 0 radical (unpaired) electrons. The smallest absolute Gasteiger partial charge is 0.246 e. The first-order valence-corrected chi connectivity index (χ1v) is 19.4. The molecule has 4 aromatic carbocycles. The summed E-state index contributed by atoms with van der Waals surface area (Å²) in [5.74, 6) is 0.793. The molecule has 2 aliphatic rings. The molecule has 51 heavy (non-hydrogen) atoms. The number of hydrogen-bond acceptors (Lipinski definition) is 9. The van der Waals surface area contributed by atoms with E-state index >= 15 is 0 Å². The van der Waals surface area contributed by atoms with Gasteiger partial charge in [0.25, 0.3) is 0 Å². The quantitative estimate of drug-likeness (QED) is 0.144. The number of alkyl halides is 1. The second-order valence-corrected chi connectivity index (χ2v) is 15.5. The number of ether oxygens (including phenoxy) is 3. The van der Waals surface area contributed by atoms with Gasteiger partial charge in [0.15, 0.2) is 0 Å². The summed E-state index contributed by atoms with van der Waals surface area (Å²) in [7, 11) is 0. The average molecular weight is 800 g/mol. The van der Waals surface area contributed by atoms with Crippen LogP contribution in [0.5, 0.6) is 5.75 Å². The van der Waals surface area contributed by atoms with Gasteiger partial charge < -0.3 is 4.90 Å². The Morgan fingerprint density at radius 3 is 2.20 bits per heavy atom. The number of anilines is 2. The third kappa shape index (κ3) is 6.85. The van der Waals surface area contributed by atoms with Gasteiger partial charge in [-0.05, 0) is 37.6 Å². The Morgan fingerprint density at radius 1 is 0.843 bits per heavy atom. The number of benzene rings is 4. The minimum atomic E-state index is -0.949. The van der Waals surface area contributed by atoms with E-state index in [-0.39, 0.29) is 17.8 Å². The van der Waals surface area contributed by atoms with Crippen LogP contribution < -0.4 is 41.7 Å². The molecule has 3 atom stereocenters. The molecule has 2 fully saturated rings. The fourth-order valence-corrected chi connectivity index (χ4v) is 9.21. The fraction of sp³-hybridized carbons (Fsp3) is 0.316. The maximum absolute atomic E-state index is 12.8. The summed E-state index contributed by atoms with van der Waals surface area (Å²) in [6.45, 7) is 8.45. The Hall–Kier alpha value is -4.73. The van der Waals surface area contributed by atoms with Crippen molar-refractivity contribution in [3.8, 4) is 11.4 Å². The van der Waals surface area contributed by atoms with Gasteiger partial charge >= 0.3 is 216 Å². The SMILES string of the molecule is CCC(C)n1ncn(-c2ccc(N3CCN(c4ccc(OC[C@@H]5CO[C@@]([I-]n6nccn6)(c6cccc7ccccc67)O5)cc4)CC3)cc2)c1=O. The van der Waals surface area contributed by atoms with Crippen molar-refractivity contribution in [1.82, 2.24) is 27.6 Å². The predicted octanol–water partition coefficient (Wildman–Crippen LogP) is 2.23. The van der Waals surface area contributed by atoms with Gasteiger partial charge in [0.2, 0.25) is 0 Å². The van der Waals surface area contributed by atoms with Crippen LogP contribution in [0.1, 0.15) is 31.9 Å². The van der Waals surface area contributed by atoms with E-state index in [2.05, 4.69) is 80.6 Å². The van der Waals surface area contributed by atoms with Crippen LogP contribution in [0.15, 0.2) is 115 Å². The van der Waals surface area contributed by atoms with E-state index in [1.54, 1.807) is 31.0 Å². The van der Waals surface area contributed by atoms with Gasteiger partial charge in [-0.15, -0.1) is 0 Å². The second kappa shape index (κ2) is 14.5. The summed E-state index contributed by atoms with van der Waals surface area (Å²) >= 11 is -0.949. The Morgan fingerprint density at radius 2 is 1.49 bits per heavy atom. The van der Waals surface area contributed by atoms with Gasteiger partial charge in [0.1, 0.15) is 6.33 Å². The van der Waals surface area contributed by atoms with E-state index in [0.717, 1.165) is 66.1 Å². The molecule has 2 saturated heterocycles. The first-order valence-electron chi connectivity index (χ1n) is 17.3. The van der Waals surface area contributed by atoms with Crippen LogP contribution in [0.4, 0.5) is 11.4 Å². The molecule has 264 valence electrons. The van der Waals surface area contributed by atoms with Crippen LogP contribution in [-0.2, 0) is 13.3 Å². The van der Waals surface area contributed by atoms with Crippen LogP contribution in [0.2, 0.25) is 0 Å². The number of piperazine rings is 1. The third-order valence-corrected chi connectivity index (χ3v) is 12.3. The summed E-state index contributed by atoms with van der Waals surface area (Å²) in [6, 6.07) is 31.1. The number of fused-ring (bicyclic) bond motifs is 1. The van der Waals surface area contributed by atoms with Crippen LogP contribution in [0.25, 0.3) is 16.5 Å². The van der Waals surface area contributed by atoms with Crippen LogP contribution in [0, 0.1) is 0 Å². The Bertz CT molecular complexity index is 2120. The van der Waals surface area contributed by atoms with Crippen molar-refractivity contribution in [2.24, 2.45) is 0 Å². The average Bonchev–Trinajstić information content (AvgIpc) is 3.95. The Labute approximate surface area is 306 Å². The molecule has 0 N–H and O–H groups in total. The molecule has 0 spiro atoms. The molecule has 0 aliphatic carbocycles. The molecule has 0 bridgehead atoms. The zero-order valence-electron chi connectivity index (χ0n) is 28.6. The first-order chi connectivity index (χ1) is 25.0. The van der Waals surface area contributed by atoms with Gasteiger partial charge in [-0.25, -0.2) is 14.0 Å². The van der Waals surface area contributed by atoms with Crippen molar-refractivity contribution >= 4 is 22.1 Å². The molecule has 2 aromatic heterocycles. The van der Waals surface area contributed by atoms with Crippen molar-refractivity contribution in [2.45, 2.75) is 36.2 Å². The number of rotatable bonds is 11. The Balaban J connectivity index is 0.867. The zero-order valence-corrected chi connectivity index (χ0v) is 30.7. The van der Waals surface area contributed by atoms with E-state index in [0.29, 0.717) is 13.2 Å². The van der Waals surface area contributed by atoms with Crippen LogP contribution in [-0.4, -0.2) is 73.1 Å². The molecule has 1 unspecified atom stereocenters. The summed E-state index contributed by atoms with van der Waals surface area (Å²) in [5.41, 5.74) is 4.03. The van der Waals surface area contributed by atoms with Crippen molar-refractivity contribution in [3.63, 3.8) is 0 Å². The summed E-state index contributed by atoms with van der Waals surface area (Å²) in [5, 5.41) is 15.3. The monoisotopic (exact) mass is 799 g/mol. The van der Waals surface area contributed by atoms with Crippen molar-refractivity contribution in [1.29, 1.82) is 0 Å². The minimum absolute atomic E-state index is 0.0700. The fourth-order valence-electron chi connectivity index (χ4n) is 6.58. The number of hydrogen-bond donors (Lipinski definition) is 0. The molecule has 0 saturated carbocycles. The minimum Gasteiger partial charge on any atom is -0.246 e. The van der Waals surface area contributed by atoms with E-state index in [9.17, 15) is 4.79 Å². The number of nitrogens with zero attached hydrogens (tertiary/aromatic N) is 8. The maximum atomic E-state index is 12.8. The molecular weight excluding hydrogens is 759 g/mol. The van der Waals surface area contributed by atoms with E-state index in [1.807, 2.05) is 49.4 Å². The molecule has 2 aliphatic heterocycles. The zero-order chi connectivity index (χ0) is 34.8. The van der Waals surface area contributed by atoms with Gasteiger partial charge in [0.05, 0.1) is 11.7 Å². The standard InChI is InChI=1S/C38H40IN8O4/c1-3-28(2)46-37(48)45(27-42-46)32-13-11-30(12-14-32)43-21-23-44(24-22-43)31-15-17-33(18-16-31)49-25-34-26-50-38(51-34,39-47-40-19-20-41-47)36-10-6-8-29-7-4-5-9-35(29)36/h4-20,27-28,34H,3,21-26H2,1-2H3/q-1/t28?,34-,38+/m1/s1. The van der Waals surface area contributed by atoms with E-state index < -0.39 is 25.3 Å². The molecular formula is C38H40IN8O4-. The van der Waals surface area contributed by atoms with Gasteiger partial charge in [-0.2, -0.15) is 5.10 Å². The summed E-state index contributed by atoms with van der Waals surface area (Å²) in [4.78, 5) is 17.6. The van der Waals surface area contributed by atoms with Crippen molar-refractivity contribution in [2.75, 3.05) is 49.2 Å². The third-order valence-electron chi connectivity index (χ3n) is 9.57. The van der Waals surface area contributed by atoms with Gasteiger partial charge in [0, 0.05) is 5.69 Å². The van der Waals surface area contributed by atoms with Gasteiger partial charge in [-0.1, -0.05) is 6.92 Å². The molecule has 4 heterocycles. The summed E-state index contributed by atoms with van der Waals surface area (Å²) < 4.78 is 23.4. The van der Waals surface area contributed by atoms with Crippen LogP contribution >= 0.6 is 0 Å². The number of aromatic nitrogens is 6. The molecule has 6 aromatic rings. The number of halogens is 1. The topological polar surface area (TPSA) is 105 Å². The van der Waals surface area contributed by atoms with Crippen molar-refractivity contribution < 1.29 is 35.7 Å². The first kappa shape index (κ1) is 33.4. The molecule has 8 rings (SSSR count). The van der Waals surface area contributed by atoms with Crippen LogP contribution in [0.3, 0.4) is 0 Å². The van der Waals surface area contributed by atoms with E-state index in [4.69, 9.17) is 14.2 Å². The molecule has 12 nitrogen and oxygen atoms in total. The molecule has 0 amide bonds. The van der Waals surface area contributed by atoms with E-state index in [1.165, 1.54) is 5.69 Å². The molecule has 13 heteroatoms. The second-order valence-electron chi connectivity index (χ2n) is 12.7. The van der Waals surface area contributed by atoms with Gasteiger partial charge in [-0.3, -0.25) is 0 Å².